The van der Waals surface area contributed by atoms with Crippen molar-refractivity contribution in [1.82, 2.24) is 20.1 Å². The van der Waals surface area contributed by atoms with E-state index in [9.17, 15) is 4.79 Å². The van der Waals surface area contributed by atoms with Crippen molar-refractivity contribution >= 4 is 17.7 Å². The summed E-state index contributed by atoms with van der Waals surface area (Å²) in [5.74, 6) is 1.20. The minimum Gasteiger partial charge on any atom is -0.353 e. The van der Waals surface area contributed by atoms with Crippen LogP contribution in [0.5, 0.6) is 0 Å². The standard InChI is InChI=1S/C23H26N4OS/c1-17-12-14-20(15-13-17)27-22(18-8-4-2-5-9-18)25-26-23(27)29-16-21(28)24-19-10-6-3-7-11-19/h2,4-5,8-9,12-15,19H,3,6-7,10-11,16H2,1H3,(H,24,28). The number of thioether (sulfide) groups is 1. The van der Waals surface area contributed by atoms with Crippen molar-refractivity contribution in [3.8, 4) is 17.1 Å². The van der Waals surface area contributed by atoms with Crippen LogP contribution in [0.3, 0.4) is 0 Å². The van der Waals surface area contributed by atoms with Crippen LogP contribution < -0.4 is 5.32 Å². The molecular formula is C23H26N4OS. The van der Waals surface area contributed by atoms with Gasteiger partial charge in [0, 0.05) is 17.3 Å². The largest absolute Gasteiger partial charge is 0.353 e. The summed E-state index contributed by atoms with van der Waals surface area (Å²) in [6.07, 6.45) is 5.88. The molecule has 4 rings (SSSR count). The molecule has 29 heavy (non-hydrogen) atoms. The van der Waals surface area contributed by atoms with Crippen molar-refractivity contribution in [2.45, 2.75) is 50.2 Å². The van der Waals surface area contributed by atoms with Crippen molar-refractivity contribution < 1.29 is 4.79 Å². The molecule has 150 valence electrons. The summed E-state index contributed by atoms with van der Waals surface area (Å²) < 4.78 is 2.04. The molecule has 3 aromatic rings. The molecule has 0 aliphatic heterocycles. The summed E-state index contributed by atoms with van der Waals surface area (Å²) >= 11 is 1.44. The third-order valence-electron chi connectivity index (χ3n) is 5.26. The van der Waals surface area contributed by atoms with E-state index >= 15 is 0 Å². The highest BCUT2D eigenvalue weighted by Gasteiger charge is 2.19. The predicted octanol–water partition coefficient (Wildman–Crippen LogP) is 4.78. The lowest BCUT2D eigenvalue weighted by molar-refractivity contribution is -0.119. The molecule has 0 atom stereocenters. The normalized spacial score (nSPS) is 14.7. The van der Waals surface area contributed by atoms with E-state index in [0.29, 0.717) is 11.8 Å². The summed E-state index contributed by atoms with van der Waals surface area (Å²) in [7, 11) is 0. The van der Waals surface area contributed by atoms with Gasteiger partial charge in [0.2, 0.25) is 5.91 Å². The van der Waals surface area contributed by atoms with E-state index in [1.165, 1.54) is 36.6 Å². The molecule has 0 bridgehead atoms. The van der Waals surface area contributed by atoms with Gasteiger partial charge < -0.3 is 5.32 Å². The Bertz CT molecular complexity index is 947. The fraction of sp³-hybridized carbons (Fsp3) is 0.348. The molecule has 0 spiro atoms. The van der Waals surface area contributed by atoms with Gasteiger partial charge in [-0.05, 0) is 31.9 Å². The fourth-order valence-corrected chi connectivity index (χ4v) is 4.47. The van der Waals surface area contributed by atoms with Gasteiger partial charge in [-0.25, -0.2) is 0 Å². The quantitative estimate of drug-likeness (QED) is 0.598. The zero-order valence-electron chi connectivity index (χ0n) is 16.7. The number of benzene rings is 2. The van der Waals surface area contributed by atoms with Gasteiger partial charge in [0.05, 0.1) is 5.75 Å². The number of rotatable bonds is 6. The van der Waals surface area contributed by atoms with Gasteiger partial charge in [0.25, 0.3) is 0 Å². The molecule has 0 unspecified atom stereocenters. The molecule has 1 aliphatic carbocycles. The first-order valence-corrected chi connectivity index (χ1v) is 11.2. The molecule has 1 fully saturated rings. The van der Waals surface area contributed by atoms with E-state index in [1.54, 1.807) is 0 Å². The summed E-state index contributed by atoms with van der Waals surface area (Å²) in [6, 6.07) is 18.6. The second kappa shape index (κ2) is 9.27. The predicted molar refractivity (Wildman–Crippen MR) is 117 cm³/mol. The molecule has 0 radical (unpaired) electrons. The number of hydrogen-bond acceptors (Lipinski definition) is 4. The number of carbonyl (C=O) groups excluding carboxylic acids is 1. The number of aromatic nitrogens is 3. The number of nitrogens with zero attached hydrogens (tertiary/aromatic N) is 3. The minimum absolute atomic E-state index is 0.0709. The molecule has 2 aromatic carbocycles. The highest BCUT2D eigenvalue weighted by atomic mass is 32.2. The average molecular weight is 407 g/mol. The van der Waals surface area contributed by atoms with Crippen LogP contribution >= 0.6 is 11.8 Å². The van der Waals surface area contributed by atoms with E-state index < -0.39 is 0 Å². The minimum atomic E-state index is 0.0709. The molecule has 5 nitrogen and oxygen atoms in total. The van der Waals surface area contributed by atoms with Crippen LogP contribution in [0, 0.1) is 6.92 Å². The highest BCUT2D eigenvalue weighted by Crippen LogP contribution is 2.28. The number of amides is 1. The van der Waals surface area contributed by atoms with Crippen LogP contribution in [-0.2, 0) is 4.79 Å². The summed E-state index contributed by atoms with van der Waals surface area (Å²) in [6.45, 7) is 2.07. The third-order valence-corrected chi connectivity index (χ3v) is 6.19. The molecule has 1 saturated carbocycles. The molecular weight excluding hydrogens is 380 g/mol. The summed E-state index contributed by atoms with van der Waals surface area (Å²) in [4.78, 5) is 12.5. The van der Waals surface area contributed by atoms with Gasteiger partial charge in [-0.15, -0.1) is 10.2 Å². The SMILES string of the molecule is Cc1ccc(-n2c(SCC(=O)NC3CCCCC3)nnc2-c2ccccc2)cc1. The van der Waals surface area contributed by atoms with Crippen LogP contribution in [-0.4, -0.2) is 32.5 Å². The Labute approximate surface area is 175 Å². The van der Waals surface area contributed by atoms with Crippen LogP contribution in [0.15, 0.2) is 59.8 Å². The zero-order chi connectivity index (χ0) is 20.1. The number of carbonyl (C=O) groups is 1. The molecule has 1 amide bonds. The van der Waals surface area contributed by atoms with Crippen LogP contribution in [0.1, 0.15) is 37.7 Å². The van der Waals surface area contributed by atoms with Crippen molar-refractivity contribution in [2.24, 2.45) is 0 Å². The Morgan fingerprint density at radius 2 is 1.76 bits per heavy atom. The topological polar surface area (TPSA) is 59.8 Å². The van der Waals surface area contributed by atoms with E-state index in [0.717, 1.165) is 35.1 Å². The first-order chi connectivity index (χ1) is 14.2. The Kier molecular flexibility index (Phi) is 6.30. The summed E-state index contributed by atoms with van der Waals surface area (Å²) in [5, 5.41) is 12.8. The molecule has 1 heterocycles. The molecule has 1 N–H and O–H groups in total. The van der Waals surface area contributed by atoms with Crippen molar-refractivity contribution in [3.63, 3.8) is 0 Å². The van der Waals surface area contributed by atoms with Gasteiger partial charge in [0.15, 0.2) is 11.0 Å². The number of hydrogen-bond donors (Lipinski definition) is 1. The fourth-order valence-electron chi connectivity index (χ4n) is 3.71. The van der Waals surface area contributed by atoms with Gasteiger partial charge in [-0.2, -0.15) is 0 Å². The Morgan fingerprint density at radius 3 is 2.48 bits per heavy atom. The number of nitrogens with one attached hydrogen (secondary N) is 1. The Morgan fingerprint density at radius 1 is 1.03 bits per heavy atom. The van der Waals surface area contributed by atoms with Gasteiger partial charge >= 0.3 is 0 Å². The number of aryl methyl sites for hydroxylation is 1. The van der Waals surface area contributed by atoms with Gasteiger partial charge in [-0.3, -0.25) is 9.36 Å². The van der Waals surface area contributed by atoms with Crippen molar-refractivity contribution in [2.75, 3.05) is 5.75 Å². The van der Waals surface area contributed by atoms with E-state index in [-0.39, 0.29) is 5.91 Å². The highest BCUT2D eigenvalue weighted by molar-refractivity contribution is 7.99. The van der Waals surface area contributed by atoms with Crippen LogP contribution in [0.4, 0.5) is 0 Å². The second-order valence-electron chi connectivity index (χ2n) is 7.53. The van der Waals surface area contributed by atoms with E-state index in [4.69, 9.17) is 0 Å². The molecule has 1 aromatic heterocycles. The van der Waals surface area contributed by atoms with Gasteiger partial charge in [0.1, 0.15) is 0 Å². The van der Waals surface area contributed by atoms with Crippen molar-refractivity contribution in [1.29, 1.82) is 0 Å². The van der Waals surface area contributed by atoms with E-state index in [1.807, 2.05) is 34.9 Å². The maximum Gasteiger partial charge on any atom is 0.230 e. The molecule has 6 heteroatoms. The maximum atomic E-state index is 12.5. The lowest BCUT2D eigenvalue weighted by Gasteiger charge is -2.22. The van der Waals surface area contributed by atoms with Crippen molar-refractivity contribution in [3.05, 3.63) is 60.2 Å². The lowest BCUT2D eigenvalue weighted by Crippen LogP contribution is -2.37. The van der Waals surface area contributed by atoms with Crippen LogP contribution in [0.25, 0.3) is 17.1 Å². The van der Waals surface area contributed by atoms with Crippen LogP contribution in [0.2, 0.25) is 0 Å². The molecule has 0 saturated heterocycles. The first kappa shape index (κ1) is 19.7. The maximum absolute atomic E-state index is 12.5. The van der Waals surface area contributed by atoms with Gasteiger partial charge in [-0.1, -0.05) is 79.1 Å². The third kappa shape index (κ3) is 4.88. The van der Waals surface area contributed by atoms with E-state index in [2.05, 4.69) is 46.7 Å². The smallest absolute Gasteiger partial charge is 0.230 e. The average Bonchev–Trinajstić information content (AvgIpc) is 3.18. The Balaban J connectivity index is 1.55. The monoisotopic (exact) mass is 406 g/mol. The Hall–Kier alpha value is -2.60. The second-order valence-corrected chi connectivity index (χ2v) is 8.48. The lowest BCUT2D eigenvalue weighted by atomic mass is 9.95. The summed E-state index contributed by atoms with van der Waals surface area (Å²) in [5.41, 5.74) is 3.19. The zero-order valence-corrected chi connectivity index (χ0v) is 17.5. The molecule has 1 aliphatic rings. The first-order valence-electron chi connectivity index (χ1n) is 10.2.